The standard InChI is InChI=1S/C7H4F3O.BrH.Mg/c1-11-7-5(9)2-4(8)3-6(7)10;;/h2H,1H3;1H;/q-1;;+2/p-1. The zero-order valence-electron chi connectivity index (χ0n) is 6.70. The van der Waals surface area contributed by atoms with Gasteiger partial charge in [0.05, 0.1) is 24.5 Å². The minimum absolute atomic E-state index is 0. The Bertz CT molecular complexity index is 259. The number of rotatable bonds is 1. The first-order valence-corrected chi connectivity index (χ1v) is 2.76. The van der Waals surface area contributed by atoms with Gasteiger partial charge in [-0.1, -0.05) is 6.07 Å². The molecule has 0 heterocycles. The van der Waals surface area contributed by atoms with Crippen LogP contribution in [0.25, 0.3) is 0 Å². The van der Waals surface area contributed by atoms with E-state index in [2.05, 4.69) is 4.74 Å². The van der Waals surface area contributed by atoms with E-state index in [1.54, 1.807) is 6.07 Å². The predicted octanol–water partition coefficient (Wildman–Crippen LogP) is -1.46. The van der Waals surface area contributed by atoms with E-state index in [0.717, 1.165) is 7.11 Å². The molecule has 0 aromatic heterocycles. The van der Waals surface area contributed by atoms with Crippen molar-refractivity contribution in [3.8, 4) is 5.75 Å². The quantitative estimate of drug-likeness (QED) is 0.445. The molecule has 0 fully saturated rings. The van der Waals surface area contributed by atoms with Crippen LogP contribution in [0.5, 0.6) is 5.75 Å². The molecule has 0 spiro atoms. The van der Waals surface area contributed by atoms with Gasteiger partial charge in [-0.3, -0.25) is 0 Å². The summed E-state index contributed by atoms with van der Waals surface area (Å²) in [6.07, 6.45) is 0. The van der Waals surface area contributed by atoms with Crippen LogP contribution in [0.3, 0.4) is 0 Å². The molecular formula is C7H4BrF3MgO. The summed E-state index contributed by atoms with van der Waals surface area (Å²) < 4.78 is 41.4. The second-order valence-electron chi connectivity index (χ2n) is 1.81. The van der Waals surface area contributed by atoms with Crippen LogP contribution < -0.4 is 21.7 Å². The number of hydrogen-bond acceptors (Lipinski definition) is 1. The maximum atomic E-state index is 12.5. The van der Waals surface area contributed by atoms with Crippen molar-refractivity contribution >= 4 is 23.1 Å². The maximum absolute atomic E-state index is 12.5. The molecule has 1 aromatic carbocycles. The van der Waals surface area contributed by atoms with Gasteiger partial charge in [-0.25, -0.2) is 13.2 Å². The minimum Gasteiger partial charge on any atom is -1.00 e. The third-order valence-electron chi connectivity index (χ3n) is 1.10. The van der Waals surface area contributed by atoms with Crippen molar-refractivity contribution in [1.29, 1.82) is 0 Å². The molecule has 0 radical (unpaired) electrons. The monoisotopic (exact) mass is 264 g/mol. The molecule has 1 rings (SSSR count). The van der Waals surface area contributed by atoms with Crippen molar-refractivity contribution in [3.05, 3.63) is 29.6 Å². The zero-order chi connectivity index (χ0) is 8.43. The van der Waals surface area contributed by atoms with Gasteiger partial charge < -0.3 is 21.7 Å². The Hall–Kier alpha value is 0.0562. The third-order valence-corrected chi connectivity index (χ3v) is 1.10. The smallest absolute Gasteiger partial charge is 1.00 e. The number of ether oxygens (including phenoxy) is 1. The SMILES string of the molecule is COc1c(F)[c-]c(F)cc1F.[Br-].[Mg+2]. The summed E-state index contributed by atoms with van der Waals surface area (Å²) in [6.45, 7) is 0. The molecule has 0 aliphatic carbocycles. The van der Waals surface area contributed by atoms with Crippen LogP contribution in [0, 0.1) is 23.5 Å². The molecule has 13 heavy (non-hydrogen) atoms. The second-order valence-corrected chi connectivity index (χ2v) is 1.81. The summed E-state index contributed by atoms with van der Waals surface area (Å²) in [6, 6.07) is 2.13. The molecule has 0 aliphatic heterocycles. The van der Waals surface area contributed by atoms with Gasteiger partial charge in [0.25, 0.3) is 0 Å². The van der Waals surface area contributed by atoms with Crippen LogP contribution in [-0.2, 0) is 0 Å². The van der Waals surface area contributed by atoms with Crippen molar-refractivity contribution in [1.82, 2.24) is 0 Å². The van der Waals surface area contributed by atoms with E-state index in [1.165, 1.54) is 0 Å². The van der Waals surface area contributed by atoms with Gasteiger partial charge in [-0.15, -0.1) is 6.07 Å². The average Bonchev–Trinajstić information content (AvgIpc) is 1.85. The summed E-state index contributed by atoms with van der Waals surface area (Å²) >= 11 is 0. The fourth-order valence-electron chi connectivity index (χ4n) is 0.666. The number of hydrogen-bond donors (Lipinski definition) is 0. The van der Waals surface area contributed by atoms with Crippen LogP contribution in [0.15, 0.2) is 6.07 Å². The first-order valence-electron chi connectivity index (χ1n) is 2.76. The second kappa shape index (κ2) is 6.50. The molecule has 0 saturated carbocycles. The maximum Gasteiger partial charge on any atom is 2.00 e. The summed E-state index contributed by atoms with van der Waals surface area (Å²) in [7, 11) is 1.09. The van der Waals surface area contributed by atoms with Crippen molar-refractivity contribution in [2.45, 2.75) is 0 Å². The number of halogens is 4. The fraction of sp³-hybridized carbons (Fsp3) is 0.143. The van der Waals surface area contributed by atoms with Crippen LogP contribution >= 0.6 is 0 Å². The first kappa shape index (κ1) is 15.5. The predicted molar refractivity (Wildman–Crippen MR) is 37.5 cm³/mol. The molecule has 0 bridgehead atoms. The summed E-state index contributed by atoms with van der Waals surface area (Å²) in [5.74, 6) is -3.93. The molecule has 6 heteroatoms. The fourth-order valence-corrected chi connectivity index (χ4v) is 0.666. The Balaban J connectivity index is 0. The first-order chi connectivity index (χ1) is 5.15. The van der Waals surface area contributed by atoms with Crippen LogP contribution in [-0.4, -0.2) is 30.2 Å². The van der Waals surface area contributed by atoms with Crippen LogP contribution in [0.2, 0.25) is 0 Å². The molecule has 1 aromatic rings. The molecular weight excluding hydrogens is 261 g/mol. The topological polar surface area (TPSA) is 9.23 Å². The van der Waals surface area contributed by atoms with E-state index in [9.17, 15) is 13.2 Å². The van der Waals surface area contributed by atoms with E-state index in [4.69, 9.17) is 0 Å². The third kappa shape index (κ3) is 3.74. The van der Waals surface area contributed by atoms with E-state index in [-0.39, 0.29) is 40.0 Å². The average molecular weight is 265 g/mol. The van der Waals surface area contributed by atoms with Crippen LogP contribution in [0.4, 0.5) is 13.2 Å². The zero-order valence-corrected chi connectivity index (χ0v) is 9.70. The van der Waals surface area contributed by atoms with Gasteiger partial charge >= 0.3 is 23.1 Å². The number of benzene rings is 1. The molecule has 0 amide bonds. The summed E-state index contributed by atoms with van der Waals surface area (Å²) in [5, 5.41) is 0. The van der Waals surface area contributed by atoms with E-state index in [1.807, 2.05) is 0 Å². The Labute approximate surface area is 100 Å². The largest absolute Gasteiger partial charge is 2.00 e. The molecule has 0 N–H and O–H groups in total. The molecule has 68 valence electrons. The van der Waals surface area contributed by atoms with Gasteiger partial charge in [0.2, 0.25) is 0 Å². The Kier molecular flexibility index (Phi) is 7.76. The minimum atomic E-state index is -1.16. The van der Waals surface area contributed by atoms with Gasteiger partial charge in [0.15, 0.2) is 0 Å². The number of methoxy groups -OCH3 is 1. The molecule has 0 saturated heterocycles. The van der Waals surface area contributed by atoms with E-state index in [0.29, 0.717) is 6.07 Å². The van der Waals surface area contributed by atoms with Crippen molar-refractivity contribution in [2.75, 3.05) is 7.11 Å². The van der Waals surface area contributed by atoms with Gasteiger partial charge in [0.1, 0.15) is 0 Å². The van der Waals surface area contributed by atoms with E-state index >= 15 is 0 Å². The summed E-state index contributed by atoms with van der Waals surface area (Å²) in [5.41, 5.74) is 0. The van der Waals surface area contributed by atoms with Gasteiger partial charge in [0, 0.05) is 5.82 Å². The molecule has 0 atom stereocenters. The normalized spacial score (nSPS) is 8.31. The van der Waals surface area contributed by atoms with Gasteiger partial charge in [-0.05, 0) is 0 Å². The van der Waals surface area contributed by atoms with Gasteiger partial charge in [-0.2, -0.15) is 0 Å². The Morgan fingerprint density at radius 2 is 1.85 bits per heavy atom. The molecule has 1 nitrogen and oxygen atoms in total. The Morgan fingerprint density at radius 3 is 2.23 bits per heavy atom. The Morgan fingerprint density at radius 1 is 1.31 bits per heavy atom. The van der Waals surface area contributed by atoms with Crippen molar-refractivity contribution in [2.24, 2.45) is 0 Å². The molecule has 0 unspecified atom stereocenters. The molecule has 0 aliphatic rings. The van der Waals surface area contributed by atoms with Crippen molar-refractivity contribution in [3.63, 3.8) is 0 Å². The van der Waals surface area contributed by atoms with E-state index < -0.39 is 23.2 Å². The summed E-state index contributed by atoms with van der Waals surface area (Å²) in [4.78, 5) is 0. The van der Waals surface area contributed by atoms with Crippen molar-refractivity contribution < 1.29 is 34.9 Å². The van der Waals surface area contributed by atoms with Crippen LogP contribution in [0.1, 0.15) is 0 Å².